The first-order valence-corrected chi connectivity index (χ1v) is 7.79. The van der Waals surface area contributed by atoms with E-state index in [0.717, 1.165) is 24.3 Å². The van der Waals surface area contributed by atoms with E-state index in [1.165, 1.54) is 32.1 Å². The smallest absolute Gasteiger partial charge is 0.119 e. The van der Waals surface area contributed by atoms with E-state index < -0.39 is 0 Å². The van der Waals surface area contributed by atoms with E-state index >= 15 is 0 Å². The van der Waals surface area contributed by atoms with Crippen LogP contribution < -0.4 is 10.5 Å². The van der Waals surface area contributed by atoms with E-state index in [1.54, 1.807) is 0 Å². The van der Waals surface area contributed by atoms with E-state index in [2.05, 4.69) is 18.0 Å². The SMILES string of the molecule is CCCCCCCN=Cc1cccc(OCCCN)c1. The molecule has 0 saturated carbocycles. The molecule has 0 aliphatic rings. The largest absolute Gasteiger partial charge is 0.494 e. The Labute approximate surface area is 123 Å². The van der Waals surface area contributed by atoms with Crippen molar-refractivity contribution in [3.05, 3.63) is 29.8 Å². The number of hydrogen-bond donors (Lipinski definition) is 1. The van der Waals surface area contributed by atoms with Crippen LogP contribution in [-0.4, -0.2) is 25.9 Å². The van der Waals surface area contributed by atoms with E-state index in [1.807, 2.05) is 24.4 Å². The van der Waals surface area contributed by atoms with Gasteiger partial charge in [-0.1, -0.05) is 44.7 Å². The summed E-state index contributed by atoms with van der Waals surface area (Å²) < 4.78 is 5.62. The molecular formula is C17H28N2O. The zero-order valence-corrected chi connectivity index (χ0v) is 12.7. The van der Waals surface area contributed by atoms with Gasteiger partial charge in [-0.25, -0.2) is 0 Å². The summed E-state index contributed by atoms with van der Waals surface area (Å²) in [5.41, 5.74) is 6.55. The molecule has 0 unspecified atom stereocenters. The van der Waals surface area contributed by atoms with Crippen molar-refractivity contribution >= 4 is 6.21 Å². The monoisotopic (exact) mass is 276 g/mol. The molecule has 1 rings (SSSR count). The molecule has 3 nitrogen and oxygen atoms in total. The standard InChI is InChI=1S/C17H28N2O/c1-2-3-4-5-6-12-19-15-16-9-7-10-17(14-16)20-13-8-11-18/h7,9-10,14-15H,2-6,8,11-13,18H2,1H3. The van der Waals surface area contributed by atoms with Crippen molar-refractivity contribution in [2.24, 2.45) is 10.7 Å². The summed E-state index contributed by atoms with van der Waals surface area (Å²) in [6.07, 6.45) is 9.25. The third-order valence-electron chi connectivity index (χ3n) is 3.11. The van der Waals surface area contributed by atoms with Crippen LogP contribution in [0.5, 0.6) is 5.75 Å². The minimum atomic E-state index is 0.666. The maximum Gasteiger partial charge on any atom is 0.119 e. The predicted molar refractivity (Wildman–Crippen MR) is 86.8 cm³/mol. The van der Waals surface area contributed by atoms with Gasteiger partial charge in [0, 0.05) is 12.8 Å². The Morgan fingerprint density at radius 1 is 1.15 bits per heavy atom. The highest BCUT2D eigenvalue weighted by Gasteiger charge is 1.95. The quantitative estimate of drug-likeness (QED) is 0.493. The fourth-order valence-corrected chi connectivity index (χ4v) is 1.93. The van der Waals surface area contributed by atoms with Crippen molar-refractivity contribution in [2.75, 3.05) is 19.7 Å². The lowest BCUT2D eigenvalue weighted by Gasteiger charge is -2.05. The van der Waals surface area contributed by atoms with Gasteiger partial charge in [0.2, 0.25) is 0 Å². The average Bonchev–Trinajstić information content (AvgIpc) is 2.47. The van der Waals surface area contributed by atoms with Gasteiger partial charge >= 0.3 is 0 Å². The van der Waals surface area contributed by atoms with Crippen LogP contribution in [0.25, 0.3) is 0 Å². The van der Waals surface area contributed by atoms with Gasteiger partial charge in [0.15, 0.2) is 0 Å². The Morgan fingerprint density at radius 2 is 2.00 bits per heavy atom. The summed E-state index contributed by atoms with van der Waals surface area (Å²) in [5, 5.41) is 0. The van der Waals surface area contributed by atoms with Crippen LogP contribution in [0.3, 0.4) is 0 Å². The first-order chi connectivity index (χ1) is 9.86. The second kappa shape index (κ2) is 11.5. The van der Waals surface area contributed by atoms with Gasteiger partial charge < -0.3 is 10.5 Å². The molecule has 0 aliphatic heterocycles. The molecule has 3 heteroatoms. The Hall–Kier alpha value is -1.35. The summed E-state index contributed by atoms with van der Waals surface area (Å²) >= 11 is 0. The fraction of sp³-hybridized carbons (Fsp3) is 0.588. The lowest BCUT2D eigenvalue weighted by molar-refractivity contribution is 0.313. The molecule has 0 aromatic heterocycles. The van der Waals surface area contributed by atoms with E-state index in [9.17, 15) is 0 Å². The van der Waals surface area contributed by atoms with Crippen LogP contribution in [0.2, 0.25) is 0 Å². The molecule has 0 fully saturated rings. The first kappa shape index (κ1) is 16.7. The summed E-state index contributed by atoms with van der Waals surface area (Å²) in [7, 11) is 0. The van der Waals surface area contributed by atoms with Crippen LogP contribution in [0.4, 0.5) is 0 Å². The molecule has 0 saturated heterocycles. The van der Waals surface area contributed by atoms with Crippen LogP contribution in [0.1, 0.15) is 51.0 Å². The number of aliphatic imine (C=N–C) groups is 1. The number of unbranched alkanes of at least 4 members (excludes halogenated alkanes) is 4. The van der Waals surface area contributed by atoms with Crippen molar-refractivity contribution in [2.45, 2.75) is 45.4 Å². The van der Waals surface area contributed by atoms with Crippen LogP contribution >= 0.6 is 0 Å². The molecule has 0 aliphatic carbocycles. The third-order valence-corrected chi connectivity index (χ3v) is 3.11. The zero-order chi connectivity index (χ0) is 14.5. The summed E-state index contributed by atoms with van der Waals surface area (Å²) in [5.74, 6) is 0.894. The normalized spacial score (nSPS) is 11.1. The molecule has 0 atom stereocenters. The number of rotatable bonds is 11. The molecule has 0 bridgehead atoms. The maximum atomic E-state index is 5.62. The van der Waals surface area contributed by atoms with Gasteiger partial charge in [-0.15, -0.1) is 0 Å². The van der Waals surface area contributed by atoms with E-state index in [-0.39, 0.29) is 0 Å². The Kier molecular flexibility index (Phi) is 9.58. The molecule has 0 amide bonds. The van der Waals surface area contributed by atoms with E-state index in [4.69, 9.17) is 10.5 Å². The predicted octanol–water partition coefficient (Wildman–Crippen LogP) is 3.80. The van der Waals surface area contributed by atoms with Crippen molar-refractivity contribution in [3.8, 4) is 5.75 Å². The van der Waals surface area contributed by atoms with Gasteiger partial charge in [-0.05, 0) is 37.1 Å². The van der Waals surface area contributed by atoms with Crippen LogP contribution in [0.15, 0.2) is 29.3 Å². The highest BCUT2D eigenvalue weighted by Crippen LogP contribution is 2.12. The molecule has 1 aromatic carbocycles. The zero-order valence-electron chi connectivity index (χ0n) is 12.7. The number of hydrogen-bond acceptors (Lipinski definition) is 3. The van der Waals surface area contributed by atoms with Crippen molar-refractivity contribution < 1.29 is 4.74 Å². The van der Waals surface area contributed by atoms with Gasteiger partial charge in [-0.3, -0.25) is 4.99 Å². The Balaban J connectivity index is 2.26. The van der Waals surface area contributed by atoms with Gasteiger partial charge in [0.05, 0.1) is 6.61 Å². The summed E-state index contributed by atoms with van der Waals surface area (Å²) in [4.78, 5) is 4.48. The first-order valence-electron chi connectivity index (χ1n) is 7.79. The van der Waals surface area contributed by atoms with Crippen LogP contribution in [0, 0.1) is 0 Å². The number of nitrogens with zero attached hydrogens (tertiary/aromatic N) is 1. The topological polar surface area (TPSA) is 47.6 Å². The second-order valence-corrected chi connectivity index (χ2v) is 5.01. The molecule has 0 radical (unpaired) electrons. The number of nitrogens with two attached hydrogens (primary N) is 1. The second-order valence-electron chi connectivity index (χ2n) is 5.01. The lowest BCUT2D eigenvalue weighted by atomic mass is 10.1. The van der Waals surface area contributed by atoms with E-state index in [0.29, 0.717) is 13.2 Å². The third kappa shape index (κ3) is 7.95. The van der Waals surface area contributed by atoms with Crippen molar-refractivity contribution in [3.63, 3.8) is 0 Å². The molecule has 1 aromatic rings. The Bertz CT molecular complexity index is 377. The highest BCUT2D eigenvalue weighted by molar-refractivity contribution is 5.80. The van der Waals surface area contributed by atoms with Gasteiger partial charge in [0.25, 0.3) is 0 Å². The molecule has 0 spiro atoms. The molecule has 20 heavy (non-hydrogen) atoms. The van der Waals surface area contributed by atoms with Gasteiger partial charge in [-0.2, -0.15) is 0 Å². The fourth-order valence-electron chi connectivity index (χ4n) is 1.93. The average molecular weight is 276 g/mol. The molecule has 2 N–H and O–H groups in total. The van der Waals surface area contributed by atoms with Gasteiger partial charge in [0.1, 0.15) is 5.75 Å². The number of benzene rings is 1. The summed E-state index contributed by atoms with van der Waals surface area (Å²) in [6, 6.07) is 8.05. The maximum absolute atomic E-state index is 5.62. The minimum absolute atomic E-state index is 0.666. The molecular weight excluding hydrogens is 248 g/mol. The summed E-state index contributed by atoms with van der Waals surface area (Å²) in [6.45, 7) is 4.50. The lowest BCUT2D eigenvalue weighted by Crippen LogP contribution is -2.06. The molecule has 112 valence electrons. The number of ether oxygens (including phenoxy) is 1. The van der Waals surface area contributed by atoms with Crippen LogP contribution in [-0.2, 0) is 0 Å². The Morgan fingerprint density at radius 3 is 2.80 bits per heavy atom. The highest BCUT2D eigenvalue weighted by atomic mass is 16.5. The van der Waals surface area contributed by atoms with Crippen molar-refractivity contribution in [1.82, 2.24) is 0 Å². The van der Waals surface area contributed by atoms with Crippen molar-refractivity contribution in [1.29, 1.82) is 0 Å². The molecule has 0 heterocycles. The minimum Gasteiger partial charge on any atom is -0.494 e.